The average Bonchev–Trinajstić information content (AvgIpc) is 2.94. The number of piperidine rings is 1. The Labute approximate surface area is 118 Å². The van der Waals surface area contributed by atoms with E-state index in [9.17, 15) is 4.79 Å². The highest BCUT2D eigenvalue weighted by Gasteiger charge is 2.29. The number of hydrogen-bond acceptors (Lipinski definition) is 3. The molecule has 1 aromatic heterocycles. The molecule has 0 bridgehead atoms. The molecule has 1 fully saturated rings. The summed E-state index contributed by atoms with van der Waals surface area (Å²) in [5.41, 5.74) is 1.60. The molecule has 4 nitrogen and oxygen atoms in total. The van der Waals surface area contributed by atoms with Crippen LogP contribution in [0, 0.1) is 6.92 Å². The van der Waals surface area contributed by atoms with Crippen molar-refractivity contribution in [3.05, 3.63) is 53.4 Å². The topological polar surface area (TPSA) is 46.3 Å². The van der Waals surface area contributed by atoms with Crippen molar-refractivity contribution in [1.82, 2.24) is 10.1 Å². The summed E-state index contributed by atoms with van der Waals surface area (Å²) in [4.78, 5) is 14.5. The van der Waals surface area contributed by atoms with Gasteiger partial charge in [0.15, 0.2) is 5.69 Å². The number of aromatic nitrogens is 1. The van der Waals surface area contributed by atoms with Gasteiger partial charge in [-0.3, -0.25) is 4.79 Å². The van der Waals surface area contributed by atoms with Crippen LogP contribution in [0.1, 0.15) is 47.1 Å². The summed E-state index contributed by atoms with van der Waals surface area (Å²) < 4.78 is 5.02. The summed E-state index contributed by atoms with van der Waals surface area (Å²) in [6.45, 7) is 2.58. The Hall–Kier alpha value is -2.10. The molecule has 2 heterocycles. The maximum absolute atomic E-state index is 12.6. The molecular weight excluding hydrogens is 252 g/mol. The Morgan fingerprint density at radius 2 is 2.10 bits per heavy atom. The van der Waals surface area contributed by atoms with E-state index in [4.69, 9.17) is 4.52 Å². The Balaban J connectivity index is 1.87. The van der Waals surface area contributed by atoms with Gasteiger partial charge in [-0.15, -0.1) is 0 Å². The van der Waals surface area contributed by atoms with Gasteiger partial charge in [0.05, 0.1) is 6.04 Å². The first kappa shape index (κ1) is 12.9. The Kier molecular flexibility index (Phi) is 3.54. The number of hydrogen-bond donors (Lipinski definition) is 0. The highest BCUT2D eigenvalue weighted by molar-refractivity contribution is 5.92. The summed E-state index contributed by atoms with van der Waals surface area (Å²) in [6, 6.07) is 12.1. The molecule has 0 saturated carbocycles. The Bertz CT molecular complexity index is 592. The van der Waals surface area contributed by atoms with Crippen molar-refractivity contribution in [2.75, 3.05) is 6.54 Å². The van der Waals surface area contributed by atoms with E-state index in [0.717, 1.165) is 25.8 Å². The summed E-state index contributed by atoms with van der Waals surface area (Å²) in [6.07, 6.45) is 3.21. The minimum atomic E-state index is -0.0320. The first-order valence-corrected chi connectivity index (χ1v) is 7.05. The molecule has 1 aliphatic heterocycles. The van der Waals surface area contributed by atoms with Crippen molar-refractivity contribution in [3.63, 3.8) is 0 Å². The van der Waals surface area contributed by atoms with Crippen molar-refractivity contribution in [2.45, 2.75) is 32.2 Å². The van der Waals surface area contributed by atoms with Crippen LogP contribution in [0.4, 0.5) is 0 Å². The normalized spacial score (nSPS) is 19.1. The summed E-state index contributed by atoms with van der Waals surface area (Å²) >= 11 is 0. The fourth-order valence-electron chi connectivity index (χ4n) is 2.81. The number of carbonyl (C=O) groups excluding carboxylic acids is 1. The van der Waals surface area contributed by atoms with Crippen LogP contribution in [0.2, 0.25) is 0 Å². The molecule has 4 heteroatoms. The fraction of sp³-hybridized carbons (Fsp3) is 0.375. The van der Waals surface area contributed by atoms with E-state index in [1.807, 2.05) is 23.1 Å². The fourth-order valence-corrected chi connectivity index (χ4v) is 2.81. The second-order valence-electron chi connectivity index (χ2n) is 5.24. The zero-order valence-electron chi connectivity index (χ0n) is 11.6. The molecule has 104 valence electrons. The van der Waals surface area contributed by atoms with E-state index in [-0.39, 0.29) is 11.9 Å². The molecule has 1 amide bonds. The lowest BCUT2D eigenvalue weighted by Gasteiger charge is -2.35. The maximum Gasteiger partial charge on any atom is 0.276 e. The van der Waals surface area contributed by atoms with Crippen LogP contribution in [-0.4, -0.2) is 22.5 Å². The summed E-state index contributed by atoms with van der Waals surface area (Å²) in [5.74, 6) is 0.636. The Morgan fingerprint density at radius 1 is 1.30 bits per heavy atom. The maximum atomic E-state index is 12.6. The lowest BCUT2D eigenvalue weighted by molar-refractivity contribution is 0.0601. The van der Waals surface area contributed by atoms with E-state index >= 15 is 0 Å². The third-order valence-electron chi connectivity index (χ3n) is 3.80. The first-order valence-electron chi connectivity index (χ1n) is 7.05. The van der Waals surface area contributed by atoms with E-state index < -0.39 is 0 Å². The minimum absolute atomic E-state index is 0.0320. The highest BCUT2D eigenvalue weighted by atomic mass is 16.5. The van der Waals surface area contributed by atoms with Gasteiger partial charge < -0.3 is 9.42 Å². The van der Waals surface area contributed by atoms with Gasteiger partial charge in [-0.05, 0) is 31.7 Å². The standard InChI is InChI=1S/C16H18N2O2/c1-12-11-14(17-20-12)16(19)18-10-6-5-9-15(18)13-7-3-2-4-8-13/h2-4,7-8,11,15H,5-6,9-10H2,1H3. The lowest BCUT2D eigenvalue weighted by Crippen LogP contribution is -2.38. The van der Waals surface area contributed by atoms with Gasteiger partial charge in [-0.25, -0.2) is 0 Å². The van der Waals surface area contributed by atoms with Crippen LogP contribution >= 0.6 is 0 Å². The van der Waals surface area contributed by atoms with E-state index in [2.05, 4.69) is 17.3 Å². The van der Waals surface area contributed by atoms with Gasteiger partial charge in [0.25, 0.3) is 5.91 Å². The molecule has 1 aliphatic rings. The van der Waals surface area contributed by atoms with Gasteiger partial charge in [-0.2, -0.15) is 0 Å². The monoisotopic (exact) mass is 270 g/mol. The first-order chi connectivity index (χ1) is 9.75. The number of carbonyl (C=O) groups is 1. The molecule has 1 atom stereocenters. The van der Waals surface area contributed by atoms with Gasteiger partial charge in [0.2, 0.25) is 0 Å². The van der Waals surface area contributed by atoms with Crippen LogP contribution < -0.4 is 0 Å². The van der Waals surface area contributed by atoms with Crippen molar-refractivity contribution in [3.8, 4) is 0 Å². The number of benzene rings is 1. The smallest absolute Gasteiger partial charge is 0.276 e. The van der Waals surface area contributed by atoms with Crippen molar-refractivity contribution in [2.24, 2.45) is 0 Å². The largest absolute Gasteiger partial charge is 0.361 e. The van der Waals surface area contributed by atoms with Crippen LogP contribution in [0.15, 0.2) is 40.9 Å². The van der Waals surface area contributed by atoms with Crippen LogP contribution in [0.25, 0.3) is 0 Å². The SMILES string of the molecule is Cc1cc(C(=O)N2CCCCC2c2ccccc2)no1. The van der Waals surface area contributed by atoms with Crippen molar-refractivity contribution < 1.29 is 9.32 Å². The van der Waals surface area contributed by atoms with Crippen molar-refractivity contribution in [1.29, 1.82) is 0 Å². The molecule has 20 heavy (non-hydrogen) atoms. The minimum Gasteiger partial charge on any atom is -0.361 e. The number of nitrogens with zero attached hydrogens (tertiary/aromatic N) is 2. The molecule has 0 spiro atoms. The molecule has 1 unspecified atom stereocenters. The van der Waals surface area contributed by atoms with Gasteiger partial charge in [0, 0.05) is 12.6 Å². The van der Waals surface area contributed by atoms with Crippen LogP contribution in [0.3, 0.4) is 0 Å². The van der Waals surface area contributed by atoms with E-state index in [0.29, 0.717) is 11.5 Å². The second-order valence-corrected chi connectivity index (χ2v) is 5.24. The molecule has 1 saturated heterocycles. The third-order valence-corrected chi connectivity index (χ3v) is 3.80. The van der Waals surface area contributed by atoms with Gasteiger partial charge in [-0.1, -0.05) is 35.5 Å². The molecule has 0 N–H and O–H groups in total. The second kappa shape index (κ2) is 5.49. The third kappa shape index (κ3) is 2.46. The highest BCUT2D eigenvalue weighted by Crippen LogP contribution is 2.31. The Morgan fingerprint density at radius 3 is 2.80 bits per heavy atom. The quantitative estimate of drug-likeness (QED) is 0.840. The average molecular weight is 270 g/mol. The predicted molar refractivity (Wildman–Crippen MR) is 75.3 cm³/mol. The molecule has 2 aromatic rings. The zero-order valence-corrected chi connectivity index (χ0v) is 11.6. The molecule has 1 aromatic carbocycles. The van der Waals surface area contributed by atoms with E-state index in [1.54, 1.807) is 13.0 Å². The van der Waals surface area contributed by atoms with Gasteiger partial charge in [0.1, 0.15) is 5.76 Å². The number of likely N-dealkylation sites (tertiary alicyclic amines) is 1. The number of rotatable bonds is 2. The number of aryl methyl sites for hydroxylation is 1. The lowest BCUT2D eigenvalue weighted by atomic mass is 9.95. The molecule has 0 aliphatic carbocycles. The van der Waals surface area contributed by atoms with Crippen LogP contribution in [-0.2, 0) is 0 Å². The predicted octanol–water partition coefficient (Wildman–Crippen LogP) is 3.35. The molecule has 3 rings (SSSR count). The van der Waals surface area contributed by atoms with Crippen molar-refractivity contribution >= 4 is 5.91 Å². The summed E-state index contributed by atoms with van der Waals surface area (Å²) in [5, 5.41) is 3.85. The van der Waals surface area contributed by atoms with Crippen LogP contribution in [0.5, 0.6) is 0 Å². The van der Waals surface area contributed by atoms with E-state index in [1.165, 1.54) is 5.56 Å². The summed E-state index contributed by atoms with van der Waals surface area (Å²) in [7, 11) is 0. The number of amides is 1. The zero-order chi connectivity index (χ0) is 13.9. The van der Waals surface area contributed by atoms with Gasteiger partial charge >= 0.3 is 0 Å². The molecule has 0 radical (unpaired) electrons. The molecular formula is C16H18N2O2.